The second-order valence-electron chi connectivity index (χ2n) is 9.17. The molecular weight excluding hydrogens is 439 g/mol. The van der Waals surface area contributed by atoms with Crippen LogP contribution < -0.4 is 10.1 Å². The maximum absolute atomic E-state index is 13.6. The predicted molar refractivity (Wildman–Crippen MR) is 131 cm³/mol. The van der Waals surface area contributed by atoms with Crippen LogP contribution in [0.25, 0.3) is 10.9 Å². The fraction of sp³-hybridized carbons (Fsp3) is 0.444. The number of fused-ring (bicyclic) bond motifs is 1. The number of aromatic nitrogens is 1. The Bertz CT molecular complexity index is 1110. The molecule has 0 unspecified atom stereocenters. The first kappa shape index (κ1) is 24.3. The van der Waals surface area contributed by atoms with Crippen LogP contribution in [-0.4, -0.2) is 36.1 Å². The molecule has 182 valence electrons. The molecule has 7 heteroatoms. The lowest BCUT2D eigenvalue weighted by molar-refractivity contribution is -0.137. The summed E-state index contributed by atoms with van der Waals surface area (Å²) < 4.78 is 46.6. The molecule has 0 radical (unpaired) electrons. The van der Waals surface area contributed by atoms with Crippen molar-refractivity contribution in [2.75, 3.05) is 25.5 Å². The number of hydrogen-bond donors (Lipinski definition) is 1. The van der Waals surface area contributed by atoms with Crippen molar-refractivity contribution in [1.82, 2.24) is 9.88 Å². The van der Waals surface area contributed by atoms with Gasteiger partial charge in [0.05, 0.1) is 17.7 Å². The Morgan fingerprint density at radius 3 is 2.59 bits per heavy atom. The molecule has 0 bridgehead atoms. The van der Waals surface area contributed by atoms with Gasteiger partial charge < -0.3 is 15.0 Å². The van der Waals surface area contributed by atoms with Crippen molar-refractivity contribution in [3.8, 4) is 5.75 Å². The summed E-state index contributed by atoms with van der Waals surface area (Å²) >= 11 is 0. The Labute approximate surface area is 199 Å². The van der Waals surface area contributed by atoms with Crippen LogP contribution in [0.4, 0.5) is 24.5 Å². The van der Waals surface area contributed by atoms with Gasteiger partial charge in [0.2, 0.25) is 0 Å². The minimum absolute atomic E-state index is 0.215. The van der Waals surface area contributed by atoms with Gasteiger partial charge >= 0.3 is 6.18 Å². The molecule has 4 rings (SSSR count). The minimum atomic E-state index is -4.47. The number of alkyl halides is 3. The molecule has 1 aromatic heterocycles. The van der Waals surface area contributed by atoms with Crippen LogP contribution in [0.1, 0.15) is 49.8 Å². The number of benzene rings is 2. The Balaban J connectivity index is 1.47. The van der Waals surface area contributed by atoms with Crippen molar-refractivity contribution < 1.29 is 17.9 Å². The molecule has 1 aliphatic carbocycles. The third-order valence-corrected chi connectivity index (χ3v) is 6.48. The maximum atomic E-state index is 13.6. The summed E-state index contributed by atoms with van der Waals surface area (Å²) in [6.45, 7) is 3.11. The van der Waals surface area contributed by atoms with Gasteiger partial charge in [-0.2, -0.15) is 13.2 Å². The SMILES string of the molecule is Cc1cc(Nc2cc(OCCCN(C)C3CCCCC3)cc(C(F)(F)F)c2)c2ccccc2n1. The number of rotatable bonds is 8. The van der Waals surface area contributed by atoms with Gasteiger partial charge in [0.25, 0.3) is 0 Å². The highest BCUT2D eigenvalue weighted by Crippen LogP contribution is 2.36. The van der Waals surface area contributed by atoms with Crippen molar-refractivity contribution in [2.24, 2.45) is 0 Å². The second-order valence-corrected chi connectivity index (χ2v) is 9.17. The van der Waals surface area contributed by atoms with Crippen LogP contribution in [0.5, 0.6) is 5.75 Å². The molecule has 1 saturated carbocycles. The van der Waals surface area contributed by atoms with Crippen LogP contribution in [0.3, 0.4) is 0 Å². The number of pyridine rings is 1. The number of anilines is 2. The van der Waals surface area contributed by atoms with E-state index in [2.05, 4.69) is 22.2 Å². The molecule has 0 aliphatic heterocycles. The van der Waals surface area contributed by atoms with E-state index in [1.807, 2.05) is 37.3 Å². The van der Waals surface area contributed by atoms with Crippen LogP contribution in [0.2, 0.25) is 0 Å². The number of hydrogen-bond acceptors (Lipinski definition) is 4. The first-order valence-electron chi connectivity index (χ1n) is 12.0. The number of nitrogens with zero attached hydrogens (tertiary/aromatic N) is 2. The van der Waals surface area contributed by atoms with Crippen molar-refractivity contribution in [3.05, 3.63) is 59.8 Å². The summed E-state index contributed by atoms with van der Waals surface area (Å²) in [6.07, 6.45) is 2.61. The lowest BCUT2D eigenvalue weighted by atomic mass is 9.94. The zero-order chi connectivity index (χ0) is 24.1. The van der Waals surface area contributed by atoms with Gasteiger partial charge in [-0.25, -0.2) is 0 Å². The molecule has 1 N–H and O–H groups in total. The molecule has 1 fully saturated rings. The van der Waals surface area contributed by atoms with E-state index in [4.69, 9.17) is 4.74 Å². The van der Waals surface area contributed by atoms with Gasteiger partial charge in [-0.1, -0.05) is 37.5 Å². The third-order valence-electron chi connectivity index (χ3n) is 6.48. The molecular formula is C27H32F3N3O. The van der Waals surface area contributed by atoms with Gasteiger partial charge in [0.1, 0.15) is 5.75 Å². The van der Waals surface area contributed by atoms with E-state index in [1.54, 1.807) is 6.07 Å². The summed E-state index contributed by atoms with van der Waals surface area (Å²) in [5.41, 5.74) is 1.88. The summed E-state index contributed by atoms with van der Waals surface area (Å²) in [7, 11) is 2.13. The summed E-state index contributed by atoms with van der Waals surface area (Å²) in [6, 6.07) is 13.8. The van der Waals surface area contributed by atoms with E-state index in [1.165, 1.54) is 32.1 Å². The second kappa shape index (κ2) is 10.6. The number of halogens is 3. The number of nitrogens with one attached hydrogen (secondary N) is 1. The molecule has 0 atom stereocenters. The number of ether oxygens (including phenoxy) is 1. The zero-order valence-electron chi connectivity index (χ0n) is 19.8. The van der Waals surface area contributed by atoms with Crippen LogP contribution in [0, 0.1) is 6.92 Å². The summed E-state index contributed by atoms with van der Waals surface area (Å²) in [5, 5.41) is 4.01. The highest BCUT2D eigenvalue weighted by molar-refractivity contribution is 5.93. The largest absolute Gasteiger partial charge is 0.493 e. The molecule has 1 heterocycles. The Morgan fingerprint density at radius 2 is 1.82 bits per heavy atom. The summed E-state index contributed by atoms with van der Waals surface area (Å²) in [4.78, 5) is 6.86. The lowest BCUT2D eigenvalue weighted by Gasteiger charge is -2.31. The van der Waals surface area contributed by atoms with Gasteiger partial charge in [-0.05, 0) is 57.5 Å². The number of aryl methyl sites for hydroxylation is 1. The smallest absolute Gasteiger partial charge is 0.416 e. The average molecular weight is 472 g/mol. The molecule has 3 aromatic rings. The molecule has 4 nitrogen and oxygen atoms in total. The first-order chi connectivity index (χ1) is 16.3. The van der Waals surface area contributed by atoms with Crippen molar-refractivity contribution in [2.45, 2.75) is 57.7 Å². The highest BCUT2D eigenvalue weighted by atomic mass is 19.4. The Hall–Kier alpha value is -2.80. The quantitative estimate of drug-likeness (QED) is 0.349. The zero-order valence-corrected chi connectivity index (χ0v) is 19.8. The van der Waals surface area contributed by atoms with E-state index in [0.29, 0.717) is 24.0 Å². The fourth-order valence-corrected chi connectivity index (χ4v) is 4.69. The van der Waals surface area contributed by atoms with Crippen LogP contribution in [-0.2, 0) is 6.18 Å². The van der Waals surface area contributed by atoms with Crippen molar-refractivity contribution >= 4 is 22.3 Å². The lowest BCUT2D eigenvalue weighted by Crippen LogP contribution is -2.34. The van der Waals surface area contributed by atoms with E-state index in [-0.39, 0.29) is 5.75 Å². The molecule has 0 spiro atoms. The van der Waals surface area contributed by atoms with E-state index < -0.39 is 11.7 Å². The fourth-order valence-electron chi connectivity index (χ4n) is 4.69. The van der Waals surface area contributed by atoms with Gasteiger partial charge in [-0.15, -0.1) is 0 Å². The maximum Gasteiger partial charge on any atom is 0.416 e. The topological polar surface area (TPSA) is 37.4 Å². The third kappa shape index (κ3) is 6.20. The van der Waals surface area contributed by atoms with Gasteiger partial charge in [-0.3, -0.25) is 4.98 Å². The predicted octanol–water partition coefficient (Wildman–Crippen LogP) is 7.34. The van der Waals surface area contributed by atoms with E-state index in [9.17, 15) is 13.2 Å². The Morgan fingerprint density at radius 1 is 1.06 bits per heavy atom. The van der Waals surface area contributed by atoms with Crippen LogP contribution in [0.15, 0.2) is 48.5 Å². The molecule has 34 heavy (non-hydrogen) atoms. The first-order valence-corrected chi connectivity index (χ1v) is 12.0. The van der Waals surface area contributed by atoms with Gasteiger partial charge in [0.15, 0.2) is 0 Å². The van der Waals surface area contributed by atoms with E-state index in [0.717, 1.165) is 41.7 Å². The summed E-state index contributed by atoms with van der Waals surface area (Å²) in [5.74, 6) is 0.215. The Kier molecular flexibility index (Phi) is 7.61. The molecule has 0 amide bonds. The minimum Gasteiger partial charge on any atom is -0.493 e. The van der Waals surface area contributed by atoms with Crippen molar-refractivity contribution in [3.63, 3.8) is 0 Å². The normalized spacial score (nSPS) is 15.1. The highest BCUT2D eigenvalue weighted by Gasteiger charge is 2.31. The molecule has 2 aromatic carbocycles. The monoisotopic (exact) mass is 471 g/mol. The number of para-hydroxylation sites is 1. The van der Waals surface area contributed by atoms with Crippen LogP contribution >= 0.6 is 0 Å². The standard InChI is InChI=1S/C27H32F3N3O/c1-19-15-26(24-11-6-7-12-25(24)31-19)32-21-16-20(27(28,29)30)17-23(18-21)34-14-8-13-33(2)22-9-4-3-5-10-22/h6-7,11-12,15-18,22H,3-5,8-10,13-14H2,1-2H3,(H,31,32). The van der Waals surface area contributed by atoms with Crippen molar-refractivity contribution in [1.29, 1.82) is 0 Å². The molecule has 0 saturated heterocycles. The van der Waals surface area contributed by atoms with Gasteiger partial charge in [0, 0.05) is 41.1 Å². The molecule has 1 aliphatic rings. The van der Waals surface area contributed by atoms with E-state index >= 15 is 0 Å². The average Bonchev–Trinajstić information content (AvgIpc) is 2.81.